The van der Waals surface area contributed by atoms with E-state index in [4.69, 9.17) is 9.84 Å². The van der Waals surface area contributed by atoms with Gasteiger partial charge < -0.3 is 14.7 Å². The van der Waals surface area contributed by atoms with Crippen molar-refractivity contribution in [3.8, 4) is 0 Å². The summed E-state index contributed by atoms with van der Waals surface area (Å²) >= 11 is 0. The molecule has 0 spiro atoms. The van der Waals surface area contributed by atoms with E-state index < -0.39 is 12.1 Å². The minimum atomic E-state index is -0.983. The van der Waals surface area contributed by atoms with Crippen molar-refractivity contribution in [1.29, 1.82) is 0 Å². The fourth-order valence-electron chi connectivity index (χ4n) is 2.62. The highest BCUT2D eigenvalue weighted by atomic mass is 16.5. The first-order chi connectivity index (χ1) is 8.16. The minimum absolute atomic E-state index is 0.0893. The summed E-state index contributed by atoms with van der Waals surface area (Å²) in [5, 5.41) is 8.86. The highest BCUT2D eigenvalue weighted by Crippen LogP contribution is 2.28. The van der Waals surface area contributed by atoms with E-state index in [9.17, 15) is 9.59 Å². The van der Waals surface area contributed by atoms with Gasteiger partial charge >= 0.3 is 5.97 Å². The number of carbonyl (C=O) groups is 2. The highest BCUT2D eigenvalue weighted by molar-refractivity contribution is 5.78. The topological polar surface area (TPSA) is 66.8 Å². The van der Waals surface area contributed by atoms with Gasteiger partial charge in [0.15, 0.2) is 6.10 Å². The molecule has 1 saturated carbocycles. The molecule has 0 aromatic heterocycles. The number of aliphatic carboxylic acids is 1. The van der Waals surface area contributed by atoms with Crippen LogP contribution in [0.15, 0.2) is 0 Å². The van der Waals surface area contributed by atoms with Crippen LogP contribution in [0.2, 0.25) is 0 Å². The highest BCUT2D eigenvalue weighted by Gasteiger charge is 2.30. The molecule has 2 rings (SSSR count). The van der Waals surface area contributed by atoms with Crippen LogP contribution in [0.25, 0.3) is 0 Å². The van der Waals surface area contributed by atoms with Crippen molar-refractivity contribution in [2.75, 3.05) is 19.7 Å². The standard InChI is InChI=1S/C12H19NO4/c14-11(7-9-3-1-2-4-9)13-5-6-17-10(8-13)12(15)16/h9-10H,1-8H2,(H,15,16)/t10-/m0/s1. The van der Waals surface area contributed by atoms with Gasteiger partial charge in [0.05, 0.1) is 13.2 Å². The molecule has 1 saturated heterocycles. The Kier molecular flexibility index (Phi) is 3.99. The third-order valence-electron chi connectivity index (χ3n) is 3.63. The van der Waals surface area contributed by atoms with E-state index in [-0.39, 0.29) is 12.5 Å². The second-order valence-corrected chi connectivity index (χ2v) is 4.89. The number of amides is 1. The predicted molar refractivity (Wildman–Crippen MR) is 60.5 cm³/mol. The van der Waals surface area contributed by atoms with Crippen molar-refractivity contribution in [3.63, 3.8) is 0 Å². The molecule has 0 aromatic carbocycles. The number of hydrogen-bond donors (Lipinski definition) is 1. The number of hydrogen-bond acceptors (Lipinski definition) is 3. The molecule has 5 nitrogen and oxygen atoms in total. The molecular formula is C12H19NO4. The first-order valence-electron chi connectivity index (χ1n) is 6.29. The van der Waals surface area contributed by atoms with Crippen LogP contribution in [0.4, 0.5) is 0 Å². The van der Waals surface area contributed by atoms with Crippen LogP contribution in [0.3, 0.4) is 0 Å². The van der Waals surface area contributed by atoms with Crippen molar-refractivity contribution >= 4 is 11.9 Å². The van der Waals surface area contributed by atoms with Crippen LogP contribution in [-0.4, -0.2) is 47.7 Å². The van der Waals surface area contributed by atoms with E-state index in [0.717, 1.165) is 12.8 Å². The smallest absolute Gasteiger partial charge is 0.334 e. The lowest BCUT2D eigenvalue weighted by atomic mass is 10.0. The van der Waals surface area contributed by atoms with E-state index in [1.807, 2.05) is 0 Å². The second-order valence-electron chi connectivity index (χ2n) is 4.89. The quantitative estimate of drug-likeness (QED) is 0.796. The number of ether oxygens (including phenoxy) is 1. The van der Waals surface area contributed by atoms with Gasteiger partial charge in [0, 0.05) is 13.0 Å². The zero-order valence-electron chi connectivity index (χ0n) is 9.93. The van der Waals surface area contributed by atoms with Crippen LogP contribution in [0.1, 0.15) is 32.1 Å². The van der Waals surface area contributed by atoms with Gasteiger partial charge in [-0.05, 0) is 18.8 Å². The number of carboxylic acids is 1. The van der Waals surface area contributed by atoms with Crippen molar-refractivity contribution in [3.05, 3.63) is 0 Å². The first-order valence-corrected chi connectivity index (χ1v) is 6.29. The van der Waals surface area contributed by atoms with Crippen molar-refractivity contribution in [1.82, 2.24) is 4.90 Å². The molecule has 1 aliphatic heterocycles. The van der Waals surface area contributed by atoms with Gasteiger partial charge in [0.2, 0.25) is 5.91 Å². The lowest BCUT2D eigenvalue weighted by Crippen LogP contribution is -2.48. The van der Waals surface area contributed by atoms with Crippen LogP contribution < -0.4 is 0 Å². The minimum Gasteiger partial charge on any atom is -0.479 e. The molecular weight excluding hydrogens is 222 g/mol. The Morgan fingerprint density at radius 3 is 2.65 bits per heavy atom. The Morgan fingerprint density at radius 1 is 1.29 bits per heavy atom. The molecule has 17 heavy (non-hydrogen) atoms. The second kappa shape index (κ2) is 5.49. The van der Waals surface area contributed by atoms with Gasteiger partial charge in [-0.1, -0.05) is 12.8 Å². The summed E-state index contributed by atoms with van der Waals surface area (Å²) in [7, 11) is 0. The summed E-state index contributed by atoms with van der Waals surface area (Å²) in [5.41, 5.74) is 0. The summed E-state index contributed by atoms with van der Waals surface area (Å²) in [5.74, 6) is -0.386. The Hall–Kier alpha value is -1.10. The Bertz CT molecular complexity index is 299. The molecule has 1 N–H and O–H groups in total. The monoisotopic (exact) mass is 241 g/mol. The molecule has 0 bridgehead atoms. The number of rotatable bonds is 3. The fourth-order valence-corrected chi connectivity index (χ4v) is 2.62. The van der Waals surface area contributed by atoms with Crippen molar-refractivity contribution in [2.24, 2.45) is 5.92 Å². The van der Waals surface area contributed by atoms with E-state index in [2.05, 4.69) is 0 Å². The van der Waals surface area contributed by atoms with Crippen molar-refractivity contribution in [2.45, 2.75) is 38.2 Å². The molecule has 1 amide bonds. The maximum absolute atomic E-state index is 12.0. The van der Waals surface area contributed by atoms with Gasteiger partial charge in [-0.15, -0.1) is 0 Å². The van der Waals surface area contributed by atoms with Crippen LogP contribution in [0.5, 0.6) is 0 Å². The van der Waals surface area contributed by atoms with E-state index in [1.165, 1.54) is 12.8 Å². The largest absolute Gasteiger partial charge is 0.479 e. The average Bonchev–Trinajstić information content (AvgIpc) is 2.82. The summed E-state index contributed by atoms with van der Waals surface area (Å²) in [4.78, 5) is 24.4. The lowest BCUT2D eigenvalue weighted by molar-refractivity contribution is -0.159. The molecule has 0 aromatic rings. The number of carbonyl (C=O) groups excluding carboxylic acids is 1. The molecule has 2 aliphatic rings. The van der Waals surface area contributed by atoms with E-state index in [0.29, 0.717) is 25.5 Å². The zero-order chi connectivity index (χ0) is 12.3. The summed E-state index contributed by atoms with van der Waals surface area (Å²) in [6, 6.07) is 0. The Balaban J connectivity index is 1.83. The van der Waals surface area contributed by atoms with Crippen molar-refractivity contribution < 1.29 is 19.4 Å². The molecule has 2 fully saturated rings. The average molecular weight is 241 g/mol. The number of morpholine rings is 1. The summed E-state index contributed by atoms with van der Waals surface area (Å²) in [6.45, 7) is 1.05. The van der Waals surface area contributed by atoms with Gasteiger partial charge in [-0.25, -0.2) is 4.79 Å². The van der Waals surface area contributed by atoms with Gasteiger partial charge in [0.25, 0.3) is 0 Å². The SMILES string of the molecule is O=C(O)[C@@H]1CN(C(=O)CC2CCCC2)CCO1. The van der Waals surface area contributed by atoms with Crippen LogP contribution in [0, 0.1) is 5.92 Å². The Morgan fingerprint density at radius 2 is 2.00 bits per heavy atom. The third kappa shape index (κ3) is 3.19. The zero-order valence-corrected chi connectivity index (χ0v) is 9.93. The molecule has 0 radical (unpaired) electrons. The van der Waals surface area contributed by atoms with Gasteiger partial charge in [-0.2, -0.15) is 0 Å². The van der Waals surface area contributed by atoms with E-state index >= 15 is 0 Å². The molecule has 1 aliphatic carbocycles. The summed E-state index contributed by atoms with van der Waals surface area (Å²) in [6.07, 6.45) is 4.44. The third-order valence-corrected chi connectivity index (χ3v) is 3.63. The molecule has 96 valence electrons. The number of nitrogens with zero attached hydrogens (tertiary/aromatic N) is 1. The first kappa shape index (κ1) is 12.4. The predicted octanol–water partition coefficient (Wildman–Crippen LogP) is 0.879. The van der Waals surface area contributed by atoms with Gasteiger partial charge in [-0.3, -0.25) is 4.79 Å². The van der Waals surface area contributed by atoms with Crippen LogP contribution >= 0.6 is 0 Å². The normalized spacial score (nSPS) is 26.1. The molecule has 1 atom stereocenters. The van der Waals surface area contributed by atoms with E-state index in [1.54, 1.807) is 4.90 Å². The van der Waals surface area contributed by atoms with Crippen LogP contribution in [-0.2, 0) is 14.3 Å². The van der Waals surface area contributed by atoms with Gasteiger partial charge in [0.1, 0.15) is 0 Å². The fraction of sp³-hybridized carbons (Fsp3) is 0.833. The molecule has 0 unspecified atom stereocenters. The number of carboxylic acid groups (broad SMARTS) is 1. The molecule has 1 heterocycles. The molecule has 5 heteroatoms. The summed E-state index contributed by atoms with van der Waals surface area (Å²) < 4.78 is 5.10. The Labute approximate surface area is 101 Å². The maximum Gasteiger partial charge on any atom is 0.334 e. The maximum atomic E-state index is 12.0. The lowest BCUT2D eigenvalue weighted by Gasteiger charge is -2.31.